The Morgan fingerprint density at radius 1 is 0.435 bits per heavy atom. The third-order valence-corrected chi connectivity index (χ3v) is 8.99. The molecule has 0 heterocycles. The van der Waals surface area contributed by atoms with Crippen molar-refractivity contribution >= 4 is 55.7 Å². The molecule has 0 aromatic heterocycles. The molecule has 4 nitrogen and oxygen atoms in total. The number of nitrogens with zero attached hydrogens (tertiary/aromatic N) is 4. The Kier molecular flexibility index (Phi) is 6.68. The maximum atomic E-state index is 10.1. The molecule has 0 aliphatic heterocycles. The van der Waals surface area contributed by atoms with Gasteiger partial charge in [0, 0.05) is 16.8 Å². The molecule has 0 saturated heterocycles. The van der Waals surface area contributed by atoms with Gasteiger partial charge in [-0.2, -0.15) is 10.5 Å². The lowest BCUT2D eigenvalue weighted by Crippen LogP contribution is -2.16. The number of para-hydroxylation sites is 4. The van der Waals surface area contributed by atoms with Crippen LogP contribution in [0.3, 0.4) is 0 Å². The van der Waals surface area contributed by atoms with Crippen LogP contribution >= 0.6 is 0 Å². The summed E-state index contributed by atoms with van der Waals surface area (Å²) in [7, 11) is 0. The van der Waals surface area contributed by atoms with Gasteiger partial charge in [0.1, 0.15) is 12.1 Å². The maximum absolute atomic E-state index is 10.1. The summed E-state index contributed by atoms with van der Waals surface area (Å²) in [6.07, 6.45) is 1.79. The zero-order valence-electron chi connectivity index (χ0n) is 25.1. The molecule has 0 atom stereocenters. The second-order valence-electron chi connectivity index (χ2n) is 11.5. The van der Waals surface area contributed by atoms with Gasteiger partial charge in [0.15, 0.2) is 0 Å². The van der Waals surface area contributed by atoms with Gasteiger partial charge in [-0.1, -0.05) is 84.9 Å². The number of nitriles is 2. The summed E-state index contributed by atoms with van der Waals surface area (Å²) in [5.41, 5.74) is 9.67. The highest BCUT2D eigenvalue weighted by Gasteiger charge is 2.26. The van der Waals surface area contributed by atoms with Gasteiger partial charge in [-0.3, -0.25) is 0 Å². The number of aryl methyl sites for hydroxylation is 2. The minimum atomic E-state index is 0.620. The molecule has 0 radical (unpaired) electrons. The molecule has 4 heteroatoms. The van der Waals surface area contributed by atoms with E-state index in [0.29, 0.717) is 11.1 Å². The summed E-state index contributed by atoms with van der Waals surface area (Å²) in [4.78, 5) is 4.45. The average Bonchev–Trinajstić information content (AvgIpc) is 3.13. The quantitative estimate of drug-likeness (QED) is 0.181. The van der Waals surface area contributed by atoms with Crippen LogP contribution in [0.2, 0.25) is 0 Å². The standard InChI is InChI=1S/C42H28N4/c43-27-31-11-7-9-17-37(31)45(33-13-3-1-4-14-33)39-25-21-29-20-24-36-40(26-22-30-19-23-35(39)41(29)42(30)36)46(34-15-5-2-6-16-34)38-18-10-8-12-32(38)28-44/h1-19,21-23,25-26H,20,24H2. The lowest BCUT2D eigenvalue weighted by molar-refractivity contribution is 0.963. The average molecular weight is 589 g/mol. The Balaban J connectivity index is 1.43. The summed E-state index contributed by atoms with van der Waals surface area (Å²) in [5.74, 6) is 0. The Bertz CT molecular complexity index is 2350. The summed E-state index contributed by atoms with van der Waals surface area (Å²) in [5, 5.41) is 25.1. The zero-order valence-corrected chi connectivity index (χ0v) is 25.1. The van der Waals surface area contributed by atoms with Gasteiger partial charge in [-0.15, -0.1) is 0 Å². The minimum Gasteiger partial charge on any atom is -0.309 e. The first-order valence-electron chi connectivity index (χ1n) is 15.5. The Morgan fingerprint density at radius 3 is 1.57 bits per heavy atom. The van der Waals surface area contributed by atoms with E-state index < -0.39 is 0 Å². The molecule has 0 spiro atoms. The molecular weight excluding hydrogens is 560 g/mol. The summed E-state index contributed by atoms with van der Waals surface area (Å²) >= 11 is 0. The lowest BCUT2D eigenvalue weighted by Gasteiger charge is -2.32. The molecule has 216 valence electrons. The van der Waals surface area contributed by atoms with Crippen molar-refractivity contribution in [3.05, 3.63) is 168 Å². The highest BCUT2D eigenvalue weighted by atomic mass is 15.2. The highest BCUT2D eigenvalue weighted by Crippen LogP contribution is 2.48. The lowest BCUT2D eigenvalue weighted by atomic mass is 9.84. The topological polar surface area (TPSA) is 54.1 Å². The minimum absolute atomic E-state index is 0.620. The van der Waals surface area contributed by atoms with Crippen LogP contribution in [0.4, 0.5) is 34.1 Å². The van der Waals surface area contributed by atoms with E-state index >= 15 is 0 Å². The van der Waals surface area contributed by atoms with E-state index in [2.05, 4.69) is 82.6 Å². The van der Waals surface area contributed by atoms with Crippen LogP contribution in [0.1, 0.15) is 22.3 Å². The third-order valence-electron chi connectivity index (χ3n) is 8.99. The molecule has 46 heavy (non-hydrogen) atoms. The predicted octanol–water partition coefficient (Wildman–Crippen LogP) is 10.8. The number of anilines is 6. The van der Waals surface area contributed by atoms with Crippen molar-refractivity contribution < 1.29 is 0 Å². The molecule has 0 bridgehead atoms. The second-order valence-corrected chi connectivity index (χ2v) is 11.5. The third kappa shape index (κ3) is 4.36. The number of hydrogen-bond donors (Lipinski definition) is 0. The predicted molar refractivity (Wildman–Crippen MR) is 188 cm³/mol. The van der Waals surface area contributed by atoms with Crippen LogP contribution in [-0.2, 0) is 12.8 Å². The van der Waals surface area contributed by atoms with E-state index in [1.165, 1.54) is 27.3 Å². The summed E-state index contributed by atoms with van der Waals surface area (Å²) < 4.78 is 0. The van der Waals surface area contributed by atoms with E-state index in [1.807, 2.05) is 84.9 Å². The summed E-state index contributed by atoms with van der Waals surface area (Å²) in [6, 6.07) is 54.4. The van der Waals surface area contributed by atoms with Gasteiger partial charge in [-0.05, 0) is 101 Å². The number of rotatable bonds is 6. The van der Waals surface area contributed by atoms with Gasteiger partial charge in [0.25, 0.3) is 0 Å². The Morgan fingerprint density at radius 2 is 0.957 bits per heavy atom. The van der Waals surface area contributed by atoms with Crippen molar-refractivity contribution in [2.24, 2.45) is 0 Å². The zero-order chi connectivity index (χ0) is 31.0. The molecule has 8 rings (SSSR count). The van der Waals surface area contributed by atoms with Gasteiger partial charge in [-0.25, -0.2) is 0 Å². The van der Waals surface area contributed by atoms with Crippen LogP contribution in [0.15, 0.2) is 146 Å². The van der Waals surface area contributed by atoms with Crippen LogP contribution in [-0.4, -0.2) is 0 Å². The van der Waals surface area contributed by atoms with Crippen molar-refractivity contribution in [3.8, 4) is 12.1 Å². The van der Waals surface area contributed by atoms with Crippen LogP contribution in [0.25, 0.3) is 21.5 Å². The number of hydrogen-bond acceptors (Lipinski definition) is 4. The molecule has 0 fully saturated rings. The first kappa shape index (κ1) is 27.2. The SMILES string of the molecule is N#Cc1ccccc1N(c1ccccc1)c1ccc2ccc3c(N(c4ccccc4)c4ccccc4C#N)ccc4c3c2c1CC4. The van der Waals surface area contributed by atoms with E-state index in [1.54, 1.807) is 0 Å². The molecular formula is C42H28N4. The van der Waals surface area contributed by atoms with Crippen molar-refractivity contribution in [2.45, 2.75) is 12.8 Å². The Labute approximate surface area is 268 Å². The van der Waals surface area contributed by atoms with E-state index in [4.69, 9.17) is 0 Å². The van der Waals surface area contributed by atoms with Crippen LogP contribution < -0.4 is 9.80 Å². The smallest absolute Gasteiger partial charge is 0.101 e. The molecule has 1 aliphatic carbocycles. The molecule has 0 unspecified atom stereocenters. The monoisotopic (exact) mass is 588 g/mol. The normalized spacial score (nSPS) is 11.7. The van der Waals surface area contributed by atoms with Gasteiger partial charge >= 0.3 is 0 Å². The molecule has 7 aromatic carbocycles. The largest absolute Gasteiger partial charge is 0.309 e. The van der Waals surface area contributed by atoms with Crippen molar-refractivity contribution in [2.75, 3.05) is 9.80 Å². The van der Waals surface area contributed by atoms with E-state index in [-0.39, 0.29) is 0 Å². The van der Waals surface area contributed by atoms with Crippen LogP contribution in [0, 0.1) is 22.7 Å². The summed E-state index contributed by atoms with van der Waals surface area (Å²) in [6.45, 7) is 0. The fourth-order valence-corrected chi connectivity index (χ4v) is 7.00. The van der Waals surface area contributed by atoms with Gasteiger partial charge in [0.2, 0.25) is 0 Å². The second kappa shape index (κ2) is 11.3. The molecule has 0 amide bonds. The van der Waals surface area contributed by atoms with Gasteiger partial charge < -0.3 is 9.80 Å². The molecule has 1 aliphatic rings. The molecule has 7 aromatic rings. The van der Waals surface area contributed by atoms with Crippen molar-refractivity contribution in [1.82, 2.24) is 0 Å². The van der Waals surface area contributed by atoms with E-state index in [9.17, 15) is 10.5 Å². The first-order valence-corrected chi connectivity index (χ1v) is 15.5. The van der Waals surface area contributed by atoms with Crippen molar-refractivity contribution in [1.29, 1.82) is 10.5 Å². The van der Waals surface area contributed by atoms with Crippen molar-refractivity contribution in [3.63, 3.8) is 0 Å². The van der Waals surface area contributed by atoms with Crippen LogP contribution in [0.5, 0.6) is 0 Å². The first-order chi connectivity index (χ1) is 22.8. The van der Waals surface area contributed by atoms with Gasteiger partial charge in [0.05, 0.1) is 33.9 Å². The fourth-order valence-electron chi connectivity index (χ4n) is 7.00. The maximum Gasteiger partial charge on any atom is 0.101 e. The molecule has 0 N–H and O–H groups in total. The number of benzene rings is 7. The fraction of sp³-hybridized carbons (Fsp3) is 0.0476. The van der Waals surface area contributed by atoms with E-state index in [0.717, 1.165) is 52.4 Å². The Hall–Kier alpha value is -6.36. The highest BCUT2D eigenvalue weighted by molar-refractivity contribution is 6.17. The molecule has 0 saturated carbocycles.